The van der Waals surface area contributed by atoms with Crippen LogP contribution in [-0.4, -0.2) is 16.7 Å². The van der Waals surface area contributed by atoms with Crippen LogP contribution in [0.25, 0.3) is 5.69 Å². The van der Waals surface area contributed by atoms with Gasteiger partial charge < -0.3 is 4.57 Å². The summed E-state index contributed by atoms with van der Waals surface area (Å²) in [6.45, 7) is 4.04. The molecule has 0 saturated heterocycles. The van der Waals surface area contributed by atoms with Crippen LogP contribution in [0.4, 0.5) is 0 Å². The number of hydrogen-bond donors (Lipinski definition) is 1. The Labute approximate surface area is 179 Å². The van der Waals surface area contributed by atoms with Crippen molar-refractivity contribution in [2.45, 2.75) is 13.8 Å². The molecule has 3 aromatic rings. The third-order valence-electron chi connectivity index (χ3n) is 4.15. The van der Waals surface area contributed by atoms with Crippen molar-refractivity contribution in [2.75, 3.05) is 0 Å². The Morgan fingerprint density at radius 1 is 1.11 bits per heavy atom. The van der Waals surface area contributed by atoms with Crippen LogP contribution in [-0.2, 0) is 0 Å². The molecule has 0 radical (unpaired) electrons. The predicted molar refractivity (Wildman–Crippen MR) is 117 cm³/mol. The SMILES string of the molecule is Cc1c(Br)c(/C=N\NC(=O)c2cccc(Cl)c2)c(C)n1-c1ccc(Br)cc1. The summed E-state index contributed by atoms with van der Waals surface area (Å²) in [5.41, 5.74) is 7.02. The minimum atomic E-state index is -0.313. The average molecular weight is 510 g/mol. The summed E-state index contributed by atoms with van der Waals surface area (Å²) in [5, 5.41) is 4.62. The van der Waals surface area contributed by atoms with E-state index in [0.29, 0.717) is 10.6 Å². The van der Waals surface area contributed by atoms with Gasteiger partial charge in [-0.2, -0.15) is 5.10 Å². The topological polar surface area (TPSA) is 46.4 Å². The Hall–Kier alpha value is -1.89. The molecule has 0 aliphatic heterocycles. The number of nitrogens with zero attached hydrogens (tertiary/aromatic N) is 2. The van der Waals surface area contributed by atoms with E-state index >= 15 is 0 Å². The van der Waals surface area contributed by atoms with Gasteiger partial charge in [-0.05, 0) is 72.2 Å². The number of hydrazone groups is 1. The van der Waals surface area contributed by atoms with Crippen LogP contribution in [0.15, 0.2) is 62.6 Å². The van der Waals surface area contributed by atoms with Crippen molar-refractivity contribution in [3.63, 3.8) is 0 Å². The van der Waals surface area contributed by atoms with Gasteiger partial charge in [-0.1, -0.05) is 33.6 Å². The number of nitrogens with one attached hydrogen (secondary N) is 1. The molecule has 1 aromatic heterocycles. The van der Waals surface area contributed by atoms with E-state index in [4.69, 9.17) is 11.6 Å². The summed E-state index contributed by atoms with van der Waals surface area (Å²) in [6.07, 6.45) is 1.64. The molecular weight excluding hydrogens is 494 g/mol. The second-order valence-electron chi connectivity index (χ2n) is 5.92. The summed E-state index contributed by atoms with van der Waals surface area (Å²) in [5.74, 6) is -0.313. The first-order chi connectivity index (χ1) is 12.9. The molecule has 2 aromatic carbocycles. The first-order valence-corrected chi connectivity index (χ1v) is 10.1. The number of halogens is 3. The van der Waals surface area contributed by atoms with E-state index in [2.05, 4.69) is 47.0 Å². The van der Waals surface area contributed by atoms with Crippen molar-refractivity contribution in [3.8, 4) is 5.69 Å². The summed E-state index contributed by atoms with van der Waals surface area (Å²) >= 11 is 13.0. The molecule has 0 bridgehead atoms. The van der Waals surface area contributed by atoms with Gasteiger partial charge in [0.05, 0.1) is 6.21 Å². The van der Waals surface area contributed by atoms with Crippen molar-refractivity contribution in [1.29, 1.82) is 0 Å². The predicted octanol–water partition coefficient (Wildman–Crippen LogP) is 6.04. The fourth-order valence-electron chi connectivity index (χ4n) is 2.80. The molecule has 7 heteroatoms. The highest BCUT2D eigenvalue weighted by Gasteiger charge is 2.15. The first kappa shape index (κ1) is 19.9. The monoisotopic (exact) mass is 507 g/mol. The fraction of sp³-hybridized carbons (Fsp3) is 0.100. The zero-order valence-electron chi connectivity index (χ0n) is 14.6. The van der Waals surface area contributed by atoms with Crippen LogP contribution >= 0.6 is 43.5 Å². The molecule has 4 nitrogen and oxygen atoms in total. The molecule has 0 spiro atoms. The lowest BCUT2D eigenvalue weighted by atomic mass is 10.2. The molecular formula is C20H16Br2ClN3O. The van der Waals surface area contributed by atoms with Crippen molar-refractivity contribution in [1.82, 2.24) is 9.99 Å². The van der Waals surface area contributed by atoms with Crippen LogP contribution in [0.5, 0.6) is 0 Å². The van der Waals surface area contributed by atoms with E-state index in [0.717, 1.165) is 31.6 Å². The molecule has 1 heterocycles. The molecule has 0 saturated carbocycles. The summed E-state index contributed by atoms with van der Waals surface area (Å²) < 4.78 is 4.10. The Bertz CT molecular complexity index is 1030. The number of amides is 1. The highest BCUT2D eigenvalue weighted by atomic mass is 79.9. The fourth-order valence-corrected chi connectivity index (χ4v) is 3.82. The van der Waals surface area contributed by atoms with Gasteiger partial charge in [0.15, 0.2) is 0 Å². The molecule has 0 fully saturated rings. The number of rotatable bonds is 4. The Morgan fingerprint density at radius 2 is 1.81 bits per heavy atom. The minimum absolute atomic E-state index is 0.313. The largest absolute Gasteiger partial charge is 0.317 e. The highest BCUT2D eigenvalue weighted by molar-refractivity contribution is 9.10. The molecule has 0 atom stereocenters. The van der Waals surface area contributed by atoms with Gasteiger partial charge in [0.1, 0.15) is 0 Å². The molecule has 0 unspecified atom stereocenters. The zero-order chi connectivity index (χ0) is 19.6. The molecule has 0 aliphatic rings. The van der Waals surface area contributed by atoms with Crippen LogP contribution < -0.4 is 5.43 Å². The van der Waals surface area contributed by atoms with Crippen LogP contribution in [0.3, 0.4) is 0 Å². The smallest absolute Gasteiger partial charge is 0.271 e. The zero-order valence-corrected chi connectivity index (χ0v) is 18.6. The molecule has 1 N–H and O–H groups in total. The number of hydrogen-bond acceptors (Lipinski definition) is 2. The van der Waals surface area contributed by atoms with Gasteiger partial charge >= 0.3 is 0 Å². The quantitative estimate of drug-likeness (QED) is 0.339. The van der Waals surface area contributed by atoms with Crippen LogP contribution in [0, 0.1) is 13.8 Å². The van der Waals surface area contributed by atoms with Gasteiger partial charge in [-0.25, -0.2) is 5.43 Å². The van der Waals surface area contributed by atoms with E-state index < -0.39 is 0 Å². The molecule has 27 heavy (non-hydrogen) atoms. The van der Waals surface area contributed by atoms with Gasteiger partial charge in [0.2, 0.25) is 0 Å². The van der Waals surface area contributed by atoms with Crippen molar-refractivity contribution in [2.24, 2.45) is 5.10 Å². The van der Waals surface area contributed by atoms with Crippen LogP contribution in [0.2, 0.25) is 5.02 Å². The lowest BCUT2D eigenvalue weighted by molar-refractivity contribution is 0.0955. The Balaban J connectivity index is 1.85. The summed E-state index contributed by atoms with van der Waals surface area (Å²) in [4.78, 5) is 12.2. The maximum absolute atomic E-state index is 12.2. The molecule has 1 amide bonds. The number of benzene rings is 2. The maximum Gasteiger partial charge on any atom is 0.271 e. The third-order valence-corrected chi connectivity index (χ3v) is 5.91. The number of carbonyl (C=O) groups is 1. The molecule has 138 valence electrons. The second kappa shape index (κ2) is 8.42. The molecule has 0 aliphatic carbocycles. The normalized spacial score (nSPS) is 11.1. The minimum Gasteiger partial charge on any atom is -0.317 e. The Kier molecular flexibility index (Phi) is 6.19. The van der Waals surface area contributed by atoms with Crippen molar-refractivity contribution < 1.29 is 4.79 Å². The standard InChI is InChI=1S/C20H16Br2ClN3O/c1-12-18(11-24-25-20(27)14-4-3-5-16(23)10-14)19(22)13(2)26(12)17-8-6-15(21)7-9-17/h3-11H,1-2H3,(H,25,27)/b24-11-. The lowest BCUT2D eigenvalue weighted by Gasteiger charge is -2.09. The second-order valence-corrected chi connectivity index (χ2v) is 8.06. The van der Waals surface area contributed by atoms with Crippen molar-refractivity contribution >= 4 is 55.6 Å². The van der Waals surface area contributed by atoms with Crippen molar-refractivity contribution in [3.05, 3.63) is 85.0 Å². The number of aromatic nitrogens is 1. The van der Waals surface area contributed by atoms with E-state index in [1.165, 1.54) is 0 Å². The summed E-state index contributed by atoms with van der Waals surface area (Å²) in [7, 11) is 0. The van der Waals surface area contributed by atoms with Gasteiger partial charge in [0.25, 0.3) is 5.91 Å². The average Bonchev–Trinajstić information content (AvgIpc) is 2.86. The van der Waals surface area contributed by atoms with E-state index in [9.17, 15) is 4.79 Å². The van der Waals surface area contributed by atoms with Gasteiger partial charge in [-0.15, -0.1) is 0 Å². The van der Waals surface area contributed by atoms with Gasteiger partial charge in [-0.3, -0.25) is 4.79 Å². The van der Waals surface area contributed by atoms with E-state index in [1.807, 2.05) is 38.1 Å². The van der Waals surface area contributed by atoms with Crippen LogP contribution in [0.1, 0.15) is 27.3 Å². The molecule has 3 rings (SSSR count). The maximum atomic E-state index is 12.2. The highest BCUT2D eigenvalue weighted by Crippen LogP contribution is 2.30. The summed E-state index contributed by atoms with van der Waals surface area (Å²) in [6, 6.07) is 14.8. The van der Waals surface area contributed by atoms with E-state index in [-0.39, 0.29) is 5.91 Å². The van der Waals surface area contributed by atoms with Gasteiger partial charge in [0, 0.05) is 42.2 Å². The Morgan fingerprint density at radius 3 is 2.48 bits per heavy atom. The number of carbonyl (C=O) groups excluding carboxylic acids is 1. The first-order valence-electron chi connectivity index (χ1n) is 8.11. The third kappa shape index (κ3) is 4.34. The lowest BCUT2D eigenvalue weighted by Crippen LogP contribution is -2.17. The van der Waals surface area contributed by atoms with E-state index in [1.54, 1.807) is 30.5 Å².